The second-order valence-corrected chi connectivity index (χ2v) is 6.35. The highest BCUT2D eigenvalue weighted by Gasteiger charge is 2.17. The summed E-state index contributed by atoms with van der Waals surface area (Å²) < 4.78 is 7.38. The summed E-state index contributed by atoms with van der Waals surface area (Å²) in [6.07, 6.45) is 0. The molecule has 1 N–H and O–H groups in total. The Bertz CT molecular complexity index is 944. The predicted molar refractivity (Wildman–Crippen MR) is 82.8 cm³/mol. The Balaban J connectivity index is 1.74. The van der Waals surface area contributed by atoms with Crippen molar-refractivity contribution in [1.82, 2.24) is 30.0 Å². The first kappa shape index (κ1) is 13.2. The van der Waals surface area contributed by atoms with Gasteiger partial charge in [-0.3, -0.25) is 5.10 Å². The molecule has 0 atom stereocenters. The molecule has 4 aromatic rings. The lowest BCUT2D eigenvalue weighted by Gasteiger charge is -1.97. The molecule has 8 heteroatoms. The molecule has 4 heterocycles. The number of aryl methyl sites for hydroxylation is 1. The Morgan fingerprint density at radius 2 is 2.14 bits per heavy atom. The van der Waals surface area contributed by atoms with Crippen LogP contribution >= 0.6 is 11.3 Å². The number of nitrogens with zero attached hydrogens (tertiary/aromatic N) is 5. The summed E-state index contributed by atoms with van der Waals surface area (Å²) in [6.45, 7) is 6.05. The molecule has 0 radical (unpaired) electrons. The van der Waals surface area contributed by atoms with Gasteiger partial charge in [-0.2, -0.15) is 14.7 Å². The van der Waals surface area contributed by atoms with Crippen LogP contribution in [-0.4, -0.2) is 30.0 Å². The van der Waals surface area contributed by atoms with Crippen LogP contribution in [0.4, 0.5) is 0 Å². The minimum Gasteiger partial charge on any atom is -0.460 e. The molecular weight excluding hydrogens is 300 g/mol. The molecule has 7 nitrogen and oxygen atoms in total. The van der Waals surface area contributed by atoms with Gasteiger partial charge in [0.05, 0.1) is 5.69 Å². The van der Waals surface area contributed by atoms with Crippen LogP contribution in [0, 0.1) is 6.92 Å². The largest absolute Gasteiger partial charge is 0.460 e. The highest BCUT2D eigenvalue weighted by atomic mass is 32.1. The zero-order valence-corrected chi connectivity index (χ0v) is 13.2. The molecule has 0 saturated heterocycles. The van der Waals surface area contributed by atoms with Crippen LogP contribution in [0.2, 0.25) is 0 Å². The van der Waals surface area contributed by atoms with Gasteiger partial charge in [-0.25, -0.2) is 0 Å². The minimum atomic E-state index is 0.272. The van der Waals surface area contributed by atoms with Gasteiger partial charge < -0.3 is 4.42 Å². The van der Waals surface area contributed by atoms with Gasteiger partial charge in [0.2, 0.25) is 4.96 Å². The molecule has 0 bridgehead atoms. The number of fused-ring (bicyclic) bond motifs is 1. The SMILES string of the molecule is Cc1ccc(-c2cc(-c3nn4c(C(C)C)nnc4s3)[nH]n2)o1. The topological polar surface area (TPSA) is 84.9 Å². The lowest BCUT2D eigenvalue weighted by molar-refractivity contribution is 0.546. The maximum Gasteiger partial charge on any atom is 0.235 e. The summed E-state index contributed by atoms with van der Waals surface area (Å²) in [5.74, 6) is 2.73. The predicted octanol–water partition coefficient (Wildman–Crippen LogP) is 3.27. The number of aromatic nitrogens is 6. The van der Waals surface area contributed by atoms with Crippen LogP contribution in [0.1, 0.15) is 31.4 Å². The summed E-state index contributed by atoms with van der Waals surface area (Å²) in [4.78, 5) is 0.781. The quantitative estimate of drug-likeness (QED) is 0.627. The van der Waals surface area contributed by atoms with E-state index in [4.69, 9.17) is 4.42 Å². The van der Waals surface area contributed by atoms with E-state index in [0.717, 1.165) is 38.7 Å². The number of aromatic amines is 1. The van der Waals surface area contributed by atoms with Crippen molar-refractivity contribution in [2.75, 3.05) is 0 Å². The molecule has 0 amide bonds. The molecule has 112 valence electrons. The number of H-pyrrole nitrogens is 1. The molecule has 0 fully saturated rings. The Kier molecular flexibility index (Phi) is 2.86. The van der Waals surface area contributed by atoms with Crippen molar-refractivity contribution in [1.29, 1.82) is 0 Å². The molecular formula is C14H14N6OS. The first-order valence-corrected chi connectivity index (χ1v) is 7.78. The van der Waals surface area contributed by atoms with Gasteiger partial charge in [-0.05, 0) is 25.1 Å². The zero-order chi connectivity index (χ0) is 15.3. The fourth-order valence-corrected chi connectivity index (χ4v) is 3.04. The van der Waals surface area contributed by atoms with Crippen molar-refractivity contribution in [3.05, 3.63) is 29.8 Å². The van der Waals surface area contributed by atoms with Crippen LogP contribution in [0.5, 0.6) is 0 Å². The normalized spacial score (nSPS) is 11.8. The van der Waals surface area contributed by atoms with Crippen molar-refractivity contribution in [3.8, 4) is 22.2 Å². The number of rotatable bonds is 3. The van der Waals surface area contributed by atoms with E-state index >= 15 is 0 Å². The zero-order valence-electron chi connectivity index (χ0n) is 12.4. The number of hydrogen-bond donors (Lipinski definition) is 1. The summed E-state index contributed by atoms with van der Waals surface area (Å²) in [5.41, 5.74) is 1.60. The minimum absolute atomic E-state index is 0.272. The van der Waals surface area contributed by atoms with Gasteiger partial charge in [0.25, 0.3) is 0 Å². The van der Waals surface area contributed by atoms with Crippen LogP contribution in [0.3, 0.4) is 0 Å². The smallest absolute Gasteiger partial charge is 0.235 e. The fraction of sp³-hybridized carbons (Fsp3) is 0.286. The van der Waals surface area contributed by atoms with E-state index in [1.165, 1.54) is 11.3 Å². The van der Waals surface area contributed by atoms with Gasteiger partial charge in [0.1, 0.15) is 11.5 Å². The van der Waals surface area contributed by atoms with E-state index in [1.807, 2.05) is 25.1 Å². The van der Waals surface area contributed by atoms with Crippen molar-refractivity contribution in [2.24, 2.45) is 0 Å². The summed E-state index contributed by atoms with van der Waals surface area (Å²) >= 11 is 1.48. The lowest BCUT2D eigenvalue weighted by Crippen LogP contribution is -1.97. The molecule has 22 heavy (non-hydrogen) atoms. The molecule has 0 aliphatic heterocycles. The molecule has 0 saturated carbocycles. The van der Waals surface area contributed by atoms with E-state index in [1.54, 1.807) is 4.52 Å². The third-order valence-electron chi connectivity index (χ3n) is 3.33. The van der Waals surface area contributed by atoms with E-state index in [0.29, 0.717) is 0 Å². The van der Waals surface area contributed by atoms with Crippen molar-refractivity contribution in [3.63, 3.8) is 0 Å². The second-order valence-electron chi connectivity index (χ2n) is 5.39. The van der Waals surface area contributed by atoms with Crippen molar-refractivity contribution < 1.29 is 4.42 Å². The molecule has 0 aliphatic carbocycles. The monoisotopic (exact) mass is 314 g/mol. The Morgan fingerprint density at radius 1 is 1.27 bits per heavy atom. The fourth-order valence-electron chi connectivity index (χ4n) is 2.23. The van der Waals surface area contributed by atoms with Crippen LogP contribution < -0.4 is 0 Å². The molecule has 4 rings (SSSR count). The lowest BCUT2D eigenvalue weighted by atomic mass is 10.2. The molecule has 0 spiro atoms. The van der Waals surface area contributed by atoms with E-state index < -0.39 is 0 Å². The molecule has 0 aliphatic rings. The average molecular weight is 314 g/mol. The third-order valence-corrected chi connectivity index (χ3v) is 4.26. The summed E-state index contributed by atoms with van der Waals surface area (Å²) in [6, 6.07) is 5.76. The van der Waals surface area contributed by atoms with Gasteiger partial charge in [-0.15, -0.1) is 10.2 Å². The summed E-state index contributed by atoms with van der Waals surface area (Å²) in [7, 11) is 0. The molecule has 4 aromatic heterocycles. The number of furan rings is 1. The van der Waals surface area contributed by atoms with Gasteiger partial charge >= 0.3 is 0 Å². The third kappa shape index (κ3) is 2.03. The first-order valence-electron chi connectivity index (χ1n) is 6.96. The average Bonchev–Trinajstić information content (AvgIpc) is 3.20. The van der Waals surface area contributed by atoms with Crippen molar-refractivity contribution in [2.45, 2.75) is 26.7 Å². The van der Waals surface area contributed by atoms with Crippen molar-refractivity contribution >= 4 is 16.3 Å². The maximum atomic E-state index is 5.59. The highest BCUT2D eigenvalue weighted by Crippen LogP contribution is 2.29. The van der Waals surface area contributed by atoms with Gasteiger partial charge in [0.15, 0.2) is 16.6 Å². The van der Waals surface area contributed by atoms with Crippen LogP contribution in [-0.2, 0) is 0 Å². The molecule has 0 unspecified atom stereocenters. The van der Waals surface area contributed by atoms with Crippen LogP contribution in [0.25, 0.3) is 27.1 Å². The highest BCUT2D eigenvalue weighted by molar-refractivity contribution is 7.19. The molecule has 0 aromatic carbocycles. The van der Waals surface area contributed by atoms with E-state index in [2.05, 4.69) is 39.3 Å². The maximum absolute atomic E-state index is 5.59. The Labute approximate surface area is 130 Å². The Hall–Kier alpha value is -2.48. The van der Waals surface area contributed by atoms with Crippen LogP contribution in [0.15, 0.2) is 22.6 Å². The van der Waals surface area contributed by atoms with E-state index in [-0.39, 0.29) is 5.92 Å². The standard InChI is InChI=1S/C14H14N6OS/c1-7(2)12-17-18-14-20(12)19-13(22-14)10-6-9(15-16-10)11-5-4-8(3)21-11/h4-7H,1-3H3,(H,15,16). The number of nitrogens with one attached hydrogen (secondary N) is 1. The number of hydrogen-bond acceptors (Lipinski definition) is 6. The Morgan fingerprint density at radius 3 is 2.86 bits per heavy atom. The summed E-state index contributed by atoms with van der Waals surface area (Å²) in [5, 5.41) is 21.0. The second kappa shape index (κ2) is 4.77. The first-order chi connectivity index (χ1) is 10.6. The van der Waals surface area contributed by atoms with E-state index in [9.17, 15) is 0 Å². The van der Waals surface area contributed by atoms with Gasteiger partial charge in [-0.1, -0.05) is 25.2 Å². The van der Waals surface area contributed by atoms with Gasteiger partial charge in [0, 0.05) is 5.92 Å².